The number of nitrogens with zero attached hydrogens (tertiary/aromatic N) is 1. The number of Topliss-reactive ketones (excluding diaryl/α,β-unsaturated/α-hetero) is 1. The molecule has 0 amide bonds. The molecule has 0 unspecified atom stereocenters. The Morgan fingerprint density at radius 1 is 1.04 bits per heavy atom. The molecular weight excluding hydrogens is 397 g/mol. The Kier molecular flexibility index (Phi) is 7.15. The minimum Gasteiger partial charge on any atom is -0.298 e. The lowest BCUT2D eigenvalue weighted by molar-refractivity contribution is -0.116. The molecule has 0 N–H and O–H groups in total. The zero-order chi connectivity index (χ0) is 21.2. The summed E-state index contributed by atoms with van der Waals surface area (Å²) in [7, 11) is -3.78. The zero-order valence-electron chi connectivity index (χ0n) is 17.2. The van der Waals surface area contributed by atoms with Crippen LogP contribution < -0.4 is 0 Å². The molecule has 0 aliphatic heterocycles. The van der Waals surface area contributed by atoms with Gasteiger partial charge in [-0.25, -0.2) is 17.8 Å². The van der Waals surface area contributed by atoms with Crippen LogP contribution in [-0.4, -0.2) is 24.9 Å². The Balaban J connectivity index is 2.31. The number of thiazole rings is 1. The number of sulfone groups is 1. The second-order valence-corrected chi connectivity index (χ2v) is 11.3. The van der Waals surface area contributed by atoms with Crippen LogP contribution in [-0.2, 0) is 21.1 Å². The normalized spacial score (nSPS) is 12.4. The maximum absolute atomic E-state index is 14.0. The number of rotatable bonds is 8. The maximum atomic E-state index is 14.0. The van der Waals surface area contributed by atoms with Gasteiger partial charge in [0, 0.05) is 17.5 Å². The molecule has 0 aliphatic rings. The average Bonchev–Trinajstić information content (AvgIpc) is 3.06. The fourth-order valence-corrected chi connectivity index (χ4v) is 5.60. The second-order valence-electron chi connectivity index (χ2n) is 8.03. The fourth-order valence-electron chi connectivity index (χ4n) is 3.12. The molecule has 0 saturated heterocycles. The summed E-state index contributed by atoms with van der Waals surface area (Å²) in [6, 6.07) is 2.90. The van der Waals surface area contributed by atoms with Crippen molar-refractivity contribution in [1.29, 1.82) is 0 Å². The molecule has 154 valence electrons. The van der Waals surface area contributed by atoms with Gasteiger partial charge in [0.1, 0.15) is 11.6 Å². The standard InChI is InChI=1S/C21H28FNO3S2/c1-12(2)17-7-15(22)8-18(13(3)4)19(17)9-16(24)11-28(25,26)21-23-10-20(27-21)14(5)6/h7-8,10,12-14H,9,11H2,1-6H3. The van der Waals surface area contributed by atoms with Crippen molar-refractivity contribution in [3.05, 3.63) is 45.7 Å². The van der Waals surface area contributed by atoms with Crippen LogP contribution in [0.3, 0.4) is 0 Å². The van der Waals surface area contributed by atoms with E-state index in [0.717, 1.165) is 32.9 Å². The summed E-state index contributed by atoms with van der Waals surface area (Å²) in [6.07, 6.45) is 1.53. The highest BCUT2D eigenvalue weighted by Gasteiger charge is 2.26. The van der Waals surface area contributed by atoms with Crippen molar-refractivity contribution in [2.24, 2.45) is 0 Å². The average molecular weight is 426 g/mol. The lowest BCUT2D eigenvalue weighted by atomic mass is 9.86. The Morgan fingerprint density at radius 3 is 2.00 bits per heavy atom. The summed E-state index contributed by atoms with van der Waals surface area (Å²) < 4.78 is 39.3. The number of aromatic nitrogens is 1. The minimum absolute atomic E-state index is 0.0168. The van der Waals surface area contributed by atoms with Crippen LogP contribution in [0.15, 0.2) is 22.7 Å². The van der Waals surface area contributed by atoms with E-state index in [-0.39, 0.29) is 34.3 Å². The van der Waals surface area contributed by atoms with Gasteiger partial charge in [-0.2, -0.15) is 0 Å². The van der Waals surface area contributed by atoms with Gasteiger partial charge in [0.15, 0.2) is 5.78 Å². The van der Waals surface area contributed by atoms with E-state index < -0.39 is 21.4 Å². The van der Waals surface area contributed by atoms with Crippen molar-refractivity contribution in [3.8, 4) is 0 Å². The van der Waals surface area contributed by atoms with Crippen LogP contribution in [0.4, 0.5) is 4.39 Å². The monoisotopic (exact) mass is 425 g/mol. The molecule has 0 spiro atoms. The first-order chi connectivity index (χ1) is 12.9. The molecule has 2 rings (SSSR count). The topological polar surface area (TPSA) is 64.1 Å². The molecule has 1 aromatic carbocycles. The Bertz CT molecular complexity index is 931. The summed E-state index contributed by atoms with van der Waals surface area (Å²) >= 11 is 1.11. The molecule has 4 nitrogen and oxygen atoms in total. The molecule has 0 bridgehead atoms. The van der Waals surface area contributed by atoms with Gasteiger partial charge in [-0.3, -0.25) is 4.79 Å². The van der Waals surface area contributed by atoms with E-state index in [0.29, 0.717) is 0 Å². The molecule has 7 heteroatoms. The zero-order valence-corrected chi connectivity index (χ0v) is 18.9. The van der Waals surface area contributed by atoms with Crippen molar-refractivity contribution in [2.75, 3.05) is 5.75 Å². The van der Waals surface area contributed by atoms with E-state index in [2.05, 4.69) is 4.98 Å². The van der Waals surface area contributed by atoms with Crippen molar-refractivity contribution in [3.63, 3.8) is 0 Å². The smallest absolute Gasteiger partial charge is 0.212 e. The first kappa shape index (κ1) is 22.7. The number of hydrogen-bond acceptors (Lipinski definition) is 5. The summed E-state index contributed by atoms with van der Waals surface area (Å²) in [4.78, 5) is 17.6. The SMILES string of the molecule is CC(C)c1cnc(S(=O)(=O)CC(=O)Cc2c(C(C)C)cc(F)cc2C(C)C)s1. The van der Waals surface area contributed by atoms with Gasteiger partial charge in [0.25, 0.3) is 0 Å². The number of halogens is 1. The van der Waals surface area contributed by atoms with E-state index in [4.69, 9.17) is 0 Å². The lowest BCUT2D eigenvalue weighted by Crippen LogP contribution is -2.20. The number of benzene rings is 1. The van der Waals surface area contributed by atoms with Crippen LogP contribution in [0.5, 0.6) is 0 Å². The van der Waals surface area contributed by atoms with Gasteiger partial charge in [0.05, 0.1) is 0 Å². The van der Waals surface area contributed by atoms with E-state index in [1.807, 2.05) is 41.5 Å². The van der Waals surface area contributed by atoms with Gasteiger partial charge >= 0.3 is 0 Å². The third-order valence-corrected chi connectivity index (χ3v) is 8.03. The molecule has 1 heterocycles. The van der Waals surface area contributed by atoms with Crippen LogP contribution >= 0.6 is 11.3 Å². The Morgan fingerprint density at radius 2 is 1.57 bits per heavy atom. The van der Waals surface area contributed by atoms with Crippen LogP contribution in [0.2, 0.25) is 0 Å². The van der Waals surface area contributed by atoms with Crippen molar-refractivity contribution < 1.29 is 17.6 Å². The summed E-state index contributed by atoms with van der Waals surface area (Å²) in [5, 5.41) is 0. The highest BCUT2D eigenvalue weighted by molar-refractivity contribution is 7.94. The maximum Gasteiger partial charge on any atom is 0.212 e. The molecule has 0 radical (unpaired) electrons. The Hall–Kier alpha value is -1.60. The highest BCUT2D eigenvalue weighted by Crippen LogP contribution is 2.30. The lowest BCUT2D eigenvalue weighted by Gasteiger charge is -2.19. The number of ketones is 1. The fraction of sp³-hybridized carbons (Fsp3) is 0.524. The quantitative estimate of drug-likeness (QED) is 0.580. The summed E-state index contributed by atoms with van der Waals surface area (Å²) in [5.74, 6) is -1.10. The van der Waals surface area contributed by atoms with Crippen LogP contribution in [0, 0.1) is 5.82 Å². The van der Waals surface area contributed by atoms with E-state index in [1.54, 1.807) is 6.20 Å². The predicted molar refractivity (Wildman–Crippen MR) is 112 cm³/mol. The van der Waals surface area contributed by atoms with E-state index >= 15 is 0 Å². The van der Waals surface area contributed by atoms with E-state index in [1.165, 1.54) is 12.1 Å². The highest BCUT2D eigenvalue weighted by atomic mass is 32.2. The molecule has 1 aromatic heterocycles. The number of carbonyl (C=O) groups is 1. The van der Waals surface area contributed by atoms with Crippen LogP contribution in [0.1, 0.15) is 80.9 Å². The molecule has 0 atom stereocenters. The molecule has 0 aliphatic carbocycles. The molecule has 28 heavy (non-hydrogen) atoms. The molecular formula is C21H28FNO3S2. The summed E-state index contributed by atoms with van der Waals surface area (Å²) in [6.45, 7) is 11.7. The third kappa shape index (κ3) is 5.26. The third-order valence-electron chi connectivity index (χ3n) is 4.59. The van der Waals surface area contributed by atoms with Gasteiger partial charge in [-0.15, -0.1) is 11.3 Å². The van der Waals surface area contributed by atoms with E-state index in [9.17, 15) is 17.6 Å². The Labute approximate surface area is 171 Å². The number of carbonyl (C=O) groups excluding carboxylic acids is 1. The molecule has 0 fully saturated rings. The van der Waals surface area contributed by atoms with Gasteiger partial charge in [-0.1, -0.05) is 41.5 Å². The molecule has 0 saturated carbocycles. The van der Waals surface area contributed by atoms with Gasteiger partial charge in [-0.05, 0) is 46.6 Å². The van der Waals surface area contributed by atoms with Gasteiger partial charge in [0.2, 0.25) is 14.2 Å². The first-order valence-corrected chi connectivity index (χ1v) is 11.9. The number of hydrogen-bond donors (Lipinski definition) is 0. The van der Waals surface area contributed by atoms with Crippen LogP contribution in [0.25, 0.3) is 0 Å². The summed E-state index contributed by atoms with van der Waals surface area (Å²) in [5.41, 5.74) is 2.25. The largest absolute Gasteiger partial charge is 0.298 e. The molecule has 2 aromatic rings. The predicted octanol–water partition coefficient (Wildman–Crippen LogP) is 5.24. The van der Waals surface area contributed by atoms with Crippen molar-refractivity contribution in [2.45, 2.75) is 70.1 Å². The van der Waals surface area contributed by atoms with Crippen molar-refractivity contribution in [1.82, 2.24) is 4.98 Å². The van der Waals surface area contributed by atoms with Crippen molar-refractivity contribution >= 4 is 27.0 Å². The minimum atomic E-state index is -3.78. The van der Waals surface area contributed by atoms with Gasteiger partial charge < -0.3 is 0 Å². The second kappa shape index (κ2) is 8.82. The first-order valence-electron chi connectivity index (χ1n) is 9.44.